The summed E-state index contributed by atoms with van der Waals surface area (Å²) in [6.45, 7) is 0. The van der Waals surface area contributed by atoms with Crippen molar-refractivity contribution in [1.29, 1.82) is 0 Å². The smallest absolute Gasteiger partial charge is 0.171 e. The Hall–Kier alpha value is -0.900. The van der Waals surface area contributed by atoms with Crippen molar-refractivity contribution in [3.8, 4) is 0 Å². The number of carbonyl (C=O) groups excluding carboxylic acids is 1. The molecule has 1 unspecified atom stereocenters. The lowest BCUT2D eigenvalue weighted by Crippen LogP contribution is -2.29. The molecule has 1 aromatic rings. The van der Waals surface area contributed by atoms with Crippen LogP contribution in [0.5, 0.6) is 0 Å². The topological polar surface area (TPSA) is 35.5 Å². The van der Waals surface area contributed by atoms with E-state index in [-0.39, 0.29) is 11.7 Å². The first-order valence-corrected chi connectivity index (χ1v) is 5.43. The lowest BCUT2D eigenvalue weighted by molar-refractivity contribution is -0.125. The molecule has 0 aromatic heterocycles. The zero-order chi connectivity index (χ0) is 11.7. The van der Waals surface area contributed by atoms with Crippen LogP contribution in [0.15, 0.2) is 18.2 Å². The van der Waals surface area contributed by atoms with Gasteiger partial charge in [-0.15, -0.1) is 0 Å². The second-order valence-corrected chi connectivity index (χ2v) is 4.25. The van der Waals surface area contributed by atoms with Gasteiger partial charge in [-0.05, 0) is 30.2 Å². The highest BCUT2D eigenvalue weighted by atomic mass is 35.5. The zero-order valence-electron chi connectivity index (χ0n) is 9.20. The molecule has 0 fully saturated rings. The Morgan fingerprint density at radius 1 is 1.38 bits per heavy atom. The molecule has 0 N–H and O–H groups in total. The van der Waals surface area contributed by atoms with E-state index in [0.29, 0.717) is 11.4 Å². The van der Waals surface area contributed by atoms with Crippen LogP contribution in [0.25, 0.3) is 0 Å². The van der Waals surface area contributed by atoms with E-state index in [2.05, 4.69) is 0 Å². The van der Waals surface area contributed by atoms with Crippen LogP contribution in [-0.4, -0.2) is 26.3 Å². The van der Waals surface area contributed by atoms with E-state index in [9.17, 15) is 4.79 Å². The van der Waals surface area contributed by atoms with Gasteiger partial charge in [-0.2, -0.15) is 0 Å². The van der Waals surface area contributed by atoms with Crippen LogP contribution in [0, 0.1) is 5.92 Å². The number of halogens is 1. The Morgan fingerprint density at radius 2 is 2.06 bits per heavy atom. The van der Waals surface area contributed by atoms with Gasteiger partial charge in [0, 0.05) is 24.8 Å². The van der Waals surface area contributed by atoms with Crippen LogP contribution in [0.4, 0.5) is 0 Å². The van der Waals surface area contributed by atoms with E-state index in [1.165, 1.54) is 14.2 Å². The summed E-state index contributed by atoms with van der Waals surface area (Å²) in [5, 5.41) is 0.651. The third-order valence-electron chi connectivity index (χ3n) is 2.90. The molecule has 0 saturated carbocycles. The lowest BCUT2D eigenvalue weighted by Gasteiger charge is -2.18. The Bertz CT molecular complexity index is 413. The summed E-state index contributed by atoms with van der Waals surface area (Å²) in [6.07, 6.45) is 0.139. The van der Waals surface area contributed by atoms with E-state index in [1.54, 1.807) is 12.1 Å². The van der Waals surface area contributed by atoms with Crippen molar-refractivity contribution in [3.05, 3.63) is 34.3 Å². The third-order valence-corrected chi connectivity index (χ3v) is 3.14. The summed E-state index contributed by atoms with van der Waals surface area (Å²) in [6, 6.07) is 5.33. The Morgan fingerprint density at radius 3 is 2.69 bits per heavy atom. The van der Waals surface area contributed by atoms with Gasteiger partial charge in [-0.1, -0.05) is 11.6 Å². The predicted octanol–water partition coefficient (Wildman–Crippen LogP) is 2.31. The first-order valence-electron chi connectivity index (χ1n) is 5.05. The van der Waals surface area contributed by atoms with E-state index in [1.807, 2.05) is 6.07 Å². The number of methoxy groups -OCH3 is 2. The molecule has 1 aromatic carbocycles. The fraction of sp³-hybridized carbons (Fsp3) is 0.417. The average molecular weight is 241 g/mol. The van der Waals surface area contributed by atoms with Crippen molar-refractivity contribution in [1.82, 2.24) is 0 Å². The van der Waals surface area contributed by atoms with Gasteiger partial charge >= 0.3 is 0 Å². The molecule has 1 atom stereocenters. The summed E-state index contributed by atoms with van der Waals surface area (Å²) in [7, 11) is 3.08. The van der Waals surface area contributed by atoms with Gasteiger partial charge in [0.2, 0.25) is 0 Å². The molecule has 3 nitrogen and oxygen atoms in total. The standard InChI is InChI=1S/C12H13ClO3/c1-15-12(16-2)10-6-7-5-8(13)3-4-9(7)11(10)14/h3-5,10,12H,6H2,1-2H3. The van der Waals surface area contributed by atoms with Gasteiger partial charge in [0.25, 0.3) is 0 Å². The van der Waals surface area contributed by atoms with Crippen molar-refractivity contribution >= 4 is 17.4 Å². The molecule has 0 spiro atoms. The SMILES string of the molecule is COC(OC)C1Cc2cc(Cl)ccc2C1=O. The summed E-state index contributed by atoms with van der Waals surface area (Å²) in [5.41, 5.74) is 1.70. The second kappa shape index (κ2) is 4.53. The number of Topliss-reactive ketones (excluding diaryl/α,β-unsaturated/α-hetero) is 1. The highest BCUT2D eigenvalue weighted by Gasteiger charge is 2.36. The summed E-state index contributed by atoms with van der Waals surface area (Å²) in [5.74, 6) is -0.191. The van der Waals surface area contributed by atoms with E-state index >= 15 is 0 Å². The molecule has 2 rings (SSSR count). The minimum Gasteiger partial charge on any atom is -0.355 e. The minimum atomic E-state index is -0.487. The first kappa shape index (κ1) is 11.6. The molecular weight excluding hydrogens is 228 g/mol. The van der Waals surface area contributed by atoms with Crippen molar-refractivity contribution in [2.45, 2.75) is 12.7 Å². The lowest BCUT2D eigenvalue weighted by atomic mass is 10.0. The summed E-state index contributed by atoms with van der Waals surface area (Å²) in [4.78, 5) is 12.1. The quantitative estimate of drug-likeness (QED) is 0.761. The van der Waals surface area contributed by atoms with E-state index in [4.69, 9.17) is 21.1 Å². The van der Waals surface area contributed by atoms with Gasteiger partial charge in [0.05, 0.1) is 5.92 Å². The molecule has 0 radical (unpaired) electrons. The molecule has 4 heteroatoms. The highest BCUT2D eigenvalue weighted by Crippen LogP contribution is 2.31. The molecule has 0 saturated heterocycles. The average Bonchev–Trinajstić information content (AvgIpc) is 2.58. The second-order valence-electron chi connectivity index (χ2n) is 3.82. The predicted molar refractivity (Wildman–Crippen MR) is 60.8 cm³/mol. The van der Waals surface area contributed by atoms with Gasteiger partial charge in [-0.3, -0.25) is 4.79 Å². The molecule has 86 valence electrons. The molecule has 0 aliphatic heterocycles. The highest BCUT2D eigenvalue weighted by molar-refractivity contribution is 6.30. The van der Waals surface area contributed by atoms with Gasteiger partial charge in [-0.25, -0.2) is 0 Å². The number of fused-ring (bicyclic) bond motifs is 1. The normalized spacial score (nSPS) is 19.2. The maximum atomic E-state index is 12.1. The monoisotopic (exact) mass is 240 g/mol. The number of ketones is 1. The van der Waals surface area contributed by atoms with Crippen LogP contribution in [0.3, 0.4) is 0 Å². The fourth-order valence-electron chi connectivity index (χ4n) is 2.15. The summed E-state index contributed by atoms with van der Waals surface area (Å²) < 4.78 is 10.3. The van der Waals surface area contributed by atoms with E-state index in [0.717, 1.165) is 11.1 Å². The minimum absolute atomic E-state index is 0.0698. The van der Waals surface area contributed by atoms with Crippen molar-refractivity contribution in [3.63, 3.8) is 0 Å². The number of rotatable bonds is 3. The number of hydrogen-bond donors (Lipinski definition) is 0. The van der Waals surface area contributed by atoms with Crippen LogP contribution >= 0.6 is 11.6 Å². The molecule has 1 aliphatic carbocycles. The summed E-state index contributed by atoms with van der Waals surface area (Å²) >= 11 is 5.89. The maximum absolute atomic E-state index is 12.1. The maximum Gasteiger partial charge on any atom is 0.171 e. The zero-order valence-corrected chi connectivity index (χ0v) is 9.95. The van der Waals surface area contributed by atoms with Gasteiger partial charge < -0.3 is 9.47 Å². The van der Waals surface area contributed by atoms with Crippen LogP contribution in [-0.2, 0) is 15.9 Å². The molecule has 0 heterocycles. The number of hydrogen-bond acceptors (Lipinski definition) is 3. The molecule has 1 aliphatic rings. The molecular formula is C12H13ClO3. The largest absolute Gasteiger partial charge is 0.355 e. The number of ether oxygens (including phenoxy) is 2. The van der Waals surface area contributed by atoms with Crippen LogP contribution < -0.4 is 0 Å². The van der Waals surface area contributed by atoms with E-state index < -0.39 is 6.29 Å². The van der Waals surface area contributed by atoms with Gasteiger partial charge in [0.15, 0.2) is 12.1 Å². The Balaban J connectivity index is 2.30. The Kier molecular flexibility index (Phi) is 3.28. The molecule has 0 amide bonds. The van der Waals surface area contributed by atoms with Crippen LogP contribution in [0.1, 0.15) is 15.9 Å². The van der Waals surface area contributed by atoms with Crippen molar-refractivity contribution < 1.29 is 14.3 Å². The van der Waals surface area contributed by atoms with Crippen molar-refractivity contribution in [2.75, 3.05) is 14.2 Å². The number of benzene rings is 1. The van der Waals surface area contributed by atoms with Crippen LogP contribution in [0.2, 0.25) is 5.02 Å². The first-order chi connectivity index (χ1) is 7.67. The third kappa shape index (κ3) is 1.86. The van der Waals surface area contributed by atoms with Crippen molar-refractivity contribution in [2.24, 2.45) is 5.92 Å². The molecule has 0 bridgehead atoms. The fourth-order valence-corrected chi connectivity index (χ4v) is 2.34. The number of carbonyl (C=O) groups is 1. The molecule has 16 heavy (non-hydrogen) atoms. The Labute approximate surface area is 99.3 Å². The van der Waals surface area contributed by atoms with Gasteiger partial charge in [0.1, 0.15) is 0 Å².